The number of aromatic nitrogens is 2. The Kier molecular flexibility index (Phi) is 8.29. The second-order valence-electron chi connectivity index (χ2n) is 5.45. The number of nitrogens with zero attached hydrogens (tertiary/aromatic N) is 2. The summed E-state index contributed by atoms with van der Waals surface area (Å²) in [7, 11) is 0. The van der Waals surface area contributed by atoms with Crippen LogP contribution in [0.2, 0.25) is 0 Å². The zero-order valence-electron chi connectivity index (χ0n) is 14.4. The molecule has 7 heteroatoms. The molecule has 6 nitrogen and oxygen atoms in total. The fraction of sp³-hybridized carbons (Fsp3) is 0.353. The molecule has 0 fully saturated rings. The molecule has 0 saturated carbocycles. The predicted octanol–water partition coefficient (Wildman–Crippen LogP) is 1.16. The molecule has 0 atom stereocenters. The number of para-hydroxylation sites is 1. The second-order valence-corrected chi connectivity index (χ2v) is 5.45. The maximum atomic E-state index is 12.3. The Morgan fingerprint density at radius 3 is 2.42 bits per heavy atom. The standard InChI is InChI=1S/C17H22N4O2.Y/c1-4-18-15(22)11-20-9-6-10-21(20)12-16(23)19-17-13(2)7-5-8-14(17)3;/h5-10H,4,11-12H2,1-3H3,(H-,18,19,22,23);/p+1. The van der Waals surface area contributed by atoms with E-state index in [-0.39, 0.29) is 57.6 Å². The Labute approximate surface area is 167 Å². The number of nitrogens with one attached hydrogen (secondary N) is 2. The van der Waals surface area contributed by atoms with Crippen LogP contribution in [-0.4, -0.2) is 23.0 Å². The SMILES string of the molecule is CCNC(=O)Cn1ccc[n+]1CC(=O)Nc1c(C)cccc1C.[Y]. The Morgan fingerprint density at radius 2 is 1.79 bits per heavy atom. The quantitative estimate of drug-likeness (QED) is 0.710. The Hall–Kier alpha value is -1.53. The van der Waals surface area contributed by atoms with Gasteiger partial charge in [-0.1, -0.05) is 18.2 Å². The van der Waals surface area contributed by atoms with Gasteiger partial charge in [-0.25, -0.2) is 0 Å². The monoisotopic (exact) mass is 404 g/mol. The molecule has 0 aliphatic rings. The summed E-state index contributed by atoms with van der Waals surface area (Å²) in [5.41, 5.74) is 2.90. The molecule has 125 valence electrons. The molecule has 1 heterocycles. The Bertz CT molecular complexity index is 692. The number of benzene rings is 1. The summed E-state index contributed by atoms with van der Waals surface area (Å²) < 4.78 is 3.44. The molecule has 1 aromatic heterocycles. The predicted molar refractivity (Wildman–Crippen MR) is 87.9 cm³/mol. The van der Waals surface area contributed by atoms with Crippen LogP contribution in [0.1, 0.15) is 18.1 Å². The van der Waals surface area contributed by atoms with Crippen molar-refractivity contribution < 1.29 is 47.0 Å². The van der Waals surface area contributed by atoms with Gasteiger partial charge in [0.05, 0.1) is 6.20 Å². The largest absolute Gasteiger partial charge is 0.355 e. The summed E-state index contributed by atoms with van der Waals surface area (Å²) in [6.45, 7) is 6.74. The summed E-state index contributed by atoms with van der Waals surface area (Å²) >= 11 is 0. The number of likely N-dealkylation sites (N-methyl/N-ethyl adjacent to an activating group) is 1. The van der Waals surface area contributed by atoms with E-state index in [1.165, 1.54) is 0 Å². The van der Waals surface area contributed by atoms with Crippen molar-refractivity contribution in [1.29, 1.82) is 0 Å². The minimum absolute atomic E-state index is 0. The average Bonchev–Trinajstić information content (AvgIpc) is 2.90. The molecule has 1 radical (unpaired) electrons. The molecular formula is C17H23N4O2Y+. The zero-order valence-corrected chi connectivity index (χ0v) is 17.2. The number of amides is 2. The van der Waals surface area contributed by atoms with E-state index >= 15 is 0 Å². The van der Waals surface area contributed by atoms with Gasteiger partial charge in [0.15, 0.2) is 12.7 Å². The van der Waals surface area contributed by atoms with Crippen molar-refractivity contribution in [3.8, 4) is 0 Å². The minimum Gasteiger partial charge on any atom is -0.355 e. The molecule has 2 N–H and O–H groups in total. The maximum Gasteiger partial charge on any atom is 0.292 e. The van der Waals surface area contributed by atoms with E-state index in [4.69, 9.17) is 0 Å². The third-order valence-corrected chi connectivity index (χ3v) is 3.58. The van der Waals surface area contributed by atoms with Crippen LogP contribution in [0.4, 0.5) is 5.69 Å². The molecule has 2 rings (SSSR count). The Balaban J connectivity index is 0.00000288. The van der Waals surface area contributed by atoms with E-state index in [1.54, 1.807) is 21.8 Å². The van der Waals surface area contributed by atoms with E-state index in [0.29, 0.717) is 6.54 Å². The number of carbonyl (C=O) groups is 2. The molecule has 24 heavy (non-hydrogen) atoms. The van der Waals surface area contributed by atoms with Gasteiger partial charge >= 0.3 is 0 Å². The molecule has 0 unspecified atom stereocenters. The van der Waals surface area contributed by atoms with Crippen LogP contribution < -0.4 is 15.3 Å². The van der Waals surface area contributed by atoms with E-state index in [2.05, 4.69) is 10.6 Å². The average molecular weight is 404 g/mol. The fourth-order valence-corrected chi connectivity index (χ4v) is 2.43. The molecule has 1 aromatic carbocycles. The fourth-order valence-electron chi connectivity index (χ4n) is 2.43. The van der Waals surface area contributed by atoms with Crippen LogP contribution in [0.25, 0.3) is 0 Å². The minimum atomic E-state index is -0.122. The zero-order chi connectivity index (χ0) is 16.8. The summed E-state index contributed by atoms with van der Waals surface area (Å²) in [4.78, 5) is 24.0. The van der Waals surface area contributed by atoms with Gasteiger partial charge in [0.1, 0.15) is 0 Å². The number of carbonyl (C=O) groups excluding carboxylic acids is 2. The summed E-state index contributed by atoms with van der Waals surface area (Å²) in [5.74, 6) is -0.198. The first-order valence-electron chi connectivity index (χ1n) is 7.69. The first-order valence-corrected chi connectivity index (χ1v) is 7.69. The molecular weight excluding hydrogens is 381 g/mol. The number of aryl methyl sites for hydroxylation is 2. The van der Waals surface area contributed by atoms with E-state index < -0.39 is 0 Å². The van der Waals surface area contributed by atoms with Crippen molar-refractivity contribution in [2.45, 2.75) is 33.9 Å². The van der Waals surface area contributed by atoms with Crippen molar-refractivity contribution in [3.05, 3.63) is 47.8 Å². The van der Waals surface area contributed by atoms with Crippen LogP contribution in [-0.2, 0) is 55.4 Å². The van der Waals surface area contributed by atoms with Crippen molar-refractivity contribution in [2.75, 3.05) is 11.9 Å². The Morgan fingerprint density at radius 1 is 1.12 bits per heavy atom. The van der Waals surface area contributed by atoms with Gasteiger partial charge in [-0.15, -0.1) is 4.68 Å². The second kappa shape index (κ2) is 9.69. The van der Waals surface area contributed by atoms with E-state index in [1.807, 2.05) is 45.0 Å². The van der Waals surface area contributed by atoms with Gasteiger partial charge in [-0.3, -0.25) is 9.59 Å². The van der Waals surface area contributed by atoms with E-state index in [9.17, 15) is 9.59 Å². The first-order chi connectivity index (χ1) is 11.0. The van der Waals surface area contributed by atoms with Gasteiger partial charge in [0.25, 0.3) is 5.91 Å². The topological polar surface area (TPSA) is 67.0 Å². The van der Waals surface area contributed by atoms with Crippen molar-refractivity contribution in [2.24, 2.45) is 0 Å². The molecule has 0 spiro atoms. The van der Waals surface area contributed by atoms with Gasteiger partial charge in [0.2, 0.25) is 12.5 Å². The van der Waals surface area contributed by atoms with Gasteiger partial charge in [0, 0.05) is 51.0 Å². The number of rotatable bonds is 6. The van der Waals surface area contributed by atoms with Gasteiger partial charge in [-0.05, 0) is 31.9 Å². The summed E-state index contributed by atoms with van der Waals surface area (Å²) in [6, 6.07) is 7.71. The number of anilines is 1. The molecule has 2 amide bonds. The smallest absolute Gasteiger partial charge is 0.292 e. The molecule has 0 aliphatic heterocycles. The number of hydrogen-bond acceptors (Lipinski definition) is 2. The molecule has 0 bridgehead atoms. The van der Waals surface area contributed by atoms with Gasteiger partial charge < -0.3 is 10.6 Å². The van der Waals surface area contributed by atoms with Crippen LogP contribution in [0.3, 0.4) is 0 Å². The van der Waals surface area contributed by atoms with Crippen LogP contribution >= 0.6 is 0 Å². The number of hydrogen-bond donors (Lipinski definition) is 2. The van der Waals surface area contributed by atoms with Crippen LogP contribution in [0, 0.1) is 13.8 Å². The van der Waals surface area contributed by atoms with Gasteiger partial charge in [-0.2, -0.15) is 4.68 Å². The van der Waals surface area contributed by atoms with Crippen LogP contribution in [0.15, 0.2) is 36.7 Å². The maximum absolute atomic E-state index is 12.3. The molecule has 0 aliphatic carbocycles. The molecule has 0 saturated heterocycles. The summed E-state index contributed by atoms with van der Waals surface area (Å²) in [6.07, 6.45) is 3.56. The third-order valence-electron chi connectivity index (χ3n) is 3.58. The van der Waals surface area contributed by atoms with Crippen molar-refractivity contribution in [1.82, 2.24) is 10.00 Å². The van der Waals surface area contributed by atoms with Crippen LogP contribution in [0.5, 0.6) is 0 Å². The molecule has 2 aromatic rings. The van der Waals surface area contributed by atoms with Crippen molar-refractivity contribution in [3.63, 3.8) is 0 Å². The van der Waals surface area contributed by atoms with E-state index in [0.717, 1.165) is 16.8 Å². The summed E-state index contributed by atoms with van der Waals surface area (Å²) in [5, 5.41) is 5.69. The third kappa shape index (κ3) is 5.53. The normalized spacial score (nSPS) is 9.96. The first kappa shape index (κ1) is 20.5. The van der Waals surface area contributed by atoms with Crippen molar-refractivity contribution >= 4 is 17.5 Å².